The van der Waals surface area contributed by atoms with E-state index in [9.17, 15) is 4.79 Å². The van der Waals surface area contributed by atoms with E-state index in [1.54, 1.807) is 5.38 Å². The summed E-state index contributed by atoms with van der Waals surface area (Å²) in [5, 5.41) is 11.2. The summed E-state index contributed by atoms with van der Waals surface area (Å²) in [4.78, 5) is 17.1. The molecule has 100 valence electrons. The van der Waals surface area contributed by atoms with Crippen LogP contribution >= 0.6 is 11.3 Å². The molecule has 0 amide bonds. The van der Waals surface area contributed by atoms with E-state index < -0.39 is 5.97 Å². The molecule has 0 saturated carbocycles. The molecule has 0 radical (unpaired) electrons. The molecule has 18 heavy (non-hydrogen) atoms. The maximum absolute atomic E-state index is 10.9. The molecule has 1 saturated heterocycles. The van der Waals surface area contributed by atoms with Gasteiger partial charge in [0.1, 0.15) is 0 Å². The fraction of sp³-hybridized carbons (Fsp3) is 0.667. The zero-order valence-corrected chi connectivity index (χ0v) is 11.9. The second-order valence-electron chi connectivity index (χ2n) is 5.80. The number of thiazole rings is 1. The van der Waals surface area contributed by atoms with Gasteiger partial charge in [0.05, 0.1) is 11.2 Å². The Morgan fingerprint density at radius 2 is 1.94 bits per heavy atom. The van der Waals surface area contributed by atoms with Crippen LogP contribution in [0.25, 0.3) is 0 Å². The second kappa shape index (κ2) is 4.20. The fourth-order valence-corrected chi connectivity index (χ4v) is 3.23. The summed E-state index contributed by atoms with van der Waals surface area (Å²) in [7, 11) is 0. The summed E-state index contributed by atoms with van der Waals surface area (Å²) in [6, 6.07) is 0. The van der Waals surface area contributed by atoms with Gasteiger partial charge in [-0.3, -0.25) is 0 Å². The highest BCUT2D eigenvalue weighted by atomic mass is 32.1. The third kappa shape index (κ3) is 2.81. The lowest BCUT2D eigenvalue weighted by Gasteiger charge is -2.47. The van der Waals surface area contributed by atoms with Gasteiger partial charge in [0, 0.05) is 18.5 Å². The SMILES string of the molecule is CC1(C)CN(c2nc(C(=O)O)cs2)CC(C)(C)O1. The molecule has 1 fully saturated rings. The van der Waals surface area contributed by atoms with Gasteiger partial charge < -0.3 is 14.7 Å². The van der Waals surface area contributed by atoms with E-state index in [0.29, 0.717) is 13.1 Å². The van der Waals surface area contributed by atoms with Crippen LogP contribution in [0.2, 0.25) is 0 Å². The number of carbonyl (C=O) groups is 1. The van der Waals surface area contributed by atoms with E-state index >= 15 is 0 Å². The highest BCUT2D eigenvalue weighted by Gasteiger charge is 2.39. The number of carboxylic acid groups (broad SMARTS) is 1. The van der Waals surface area contributed by atoms with Crippen molar-refractivity contribution in [3.63, 3.8) is 0 Å². The number of hydrogen-bond donors (Lipinski definition) is 1. The molecule has 1 aromatic heterocycles. The van der Waals surface area contributed by atoms with Crippen LogP contribution in [0.15, 0.2) is 5.38 Å². The Kier molecular flexibility index (Phi) is 3.11. The molecular formula is C12H18N2O3S. The molecule has 0 unspecified atom stereocenters. The number of ether oxygens (including phenoxy) is 1. The lowest BCUT2D eigenvalue weighted by Crippen LogP contribution is -2.57. The van der Waals surface area contributed by atoms with Gasteiger partial charge in [-0.25, -0.2) is 9.78 Å². The molecule has 1 aliphatic heterocycles. The molecule has 0 bridgehead atoms. The summed E-state index contributed by atoms with van der Waals surface area (Å²) >= 11 is 1.36. The van der Waals surface area contributed by atoms with Crippen LogP contribution in [-0.2, 0) is 4.74 Å². The van der Waals surface area contributed by atoms with Crippen molar-refractivity contribution in [3.05, 3.63) is 11.1 Å². The Balaban J connectivity index is 2.24. The minimum Gasteiger partial charge on any atom is -0.476 e. The maximum Gasteiger partial charge on any atom is 0.355 e. The smallest absolute Gasteiger partial charge is 0.355 e. The number of carboxylic acids is 1. The largest absolute Gasteiger partial charge is 0.476 e. The summed E-state index contributed by atoms with van der Waals surface area (Å²) in [6.07, 6.45) is 0. The lowest BCUT2D eigenvalue weighted by atomic mass is 9.99. The van der Waals surface area contributed by atoms with Crippen LogP contribution in [-0.4, -0.2) is 40.4 Å². The van der Waals surface area contributed by atoms with Crippen LogP contribution in [0.5, 0.6) is 0 Å². The summed E-state index contributed by atoms with van der Waals surface area (Å²) in [5.41, 5.74) is -0.426. The lowest BCUT2D eigenvalue weighted by molar-refractivity contribution is -0.133. The number of nitrogens with zero attached hydrogens (tertiary/aromatic N) is 2. The Morgan fingerprint density at radius 1 is 1.39 bits per heavy atom. The van der Waals surface area contributed by atoms with E-state index in [1.807, 2.05) is 27.7 Å². The summed E-state index contributed by atoms with van der Waals surface area (Å²) < 4.78 is 5.99. The highest BCUT2D eigenvalue weighted by Crippen LogP contribution is 2.32. The Morgan fingerprint density at radius 3 is 2.39 bits per heavy atom. The maximum atomic E-state index is 10.9. The molecule has 1 N–H and O–H groups in total. The van der Waals surface area contributed by atoms with Crippen molar-refractivity contribution in [3.8, 4) is 0 Å². The van der Waals surface area contributed by atoms with Crippen molar-refractivity contribution in [2.75, 3.05) is 18.0 Å². The molecule has 1 aliphatic rings. The zero-order valence-electron chi connectivity index (χ0n) is 11.1. The van der Waals surface area contributed by atoms with Gasteiger partial charge in [-0.2, -0.15) is 0 Å². The van der Waals surface area contributed by atoms with Gasteiger partial charge in [-0.15, -0.1) is 11.3 Å². The number of anilines is 1. The number of aromatic carboxylic acids is 1. The van der Waals surface area contributed by atoms with Crippen molar-refractivity contribution < 1.29 is 14.6 Å². The van der Waals surface area contributed by atoms with Gasteiger partial charge in [-0.1, -0.05) is 0 Å². The fourth-order valence-electron chi connectivity index (χ4n) is 2.43. The van der Waals surface area contributed by atoms with E-state index in [4.69, 9.17) is 9.84 Å². The predicted molar refractivity (Wildman–Crippen MR) is 70.5 cm³/mol. The van der Waals surface area contributed by atoms with E-state index in [-0.39, 0.29) is 16.9 Å². The molecule has 0 spiro atoms. The average molecular weight is 270 g/mol. The minimum atomic E-state index is -0.982. The van der Waals surface area contributed by atoms with E-state index in [1.165, 1.54) is 11.3 Å². The first-order valence-electron chi connectivity index (χ1n) is 5.82. The zero-order chi connectivity index (χ0) is 13.6. The van der Waals surface area contributed by atoms with Crippen molar-refractivity contribution >= 4 is 22.4 Å². The highest BCUT2D eigenvalue weighted by molar-refractivity contribution is 7.13. The topological polar surface area (TPSA) is 62.7 Å². The molecule has 2 rings (SSSR count). The van der Waals surface area contributed by atoms with Crippen LogP contribution in [0, 0.1) is 0 Å². The molecule has 0 aromatic carbocycles. The number of morpholine rings is 1. The van der Waals surface area contributed by atoms with E-state index in [2.05, 4.69) is 9.88 Å². The van der Waals surface area contributed by atoms with Gasteiger partial charge in [0.15, 0.2) is 10.8 Å². The quantitative estimate of drug-likeness (QED) is 0.893. The van der Waals surface area contributed by atoms with Crippen LogP contribution < -0.4 is 4.90 Å². The molecule has 6 heteroatoms. The number of hydrogen-bond acceptors (Lipinski definition) is 5. The van der Waals surface area contributed by atoms with Gasteiger partial charge >= 0.3 is 5.97 Å². The number of rotatable bonds is 2. The third-order valence-corrected chi connectivity index (χ3v) is 3.58. The Labute approximate surface area is 110 Å². The third-order valence-electron chi connectivity index (χ3n) is 2.68. The van der Waals surface area contributed by atoms with Crippen LogP contribution in [0.4, 0.5) is 5.13 Å². The van der Waals surface area contributed by atoms with Crippen molar-refractivity contribution in [2.24, 2.45) is 0 Å². The Bertz CT molecular complexity index is 452. The summed E-state index contributed by atoms with van der Waals surface area (Å²) in [6.45, 7) is 9.56. The molecule has 5 nitrogen and oxygen atoms in total. The van der Waals surface area contributed by atoms with Crippen molar-refractivity contribution in [1.82, 2.24) is 4.98 Å². The molecule has 0 aliphatic carbocycles. The average Bonchev–Trinajstić information content (AvgIpc) is 2.60. The Hall–Kier alpha value is -1.14. The molecule has 1 aromatic rings. The first-order chi connectivity index (χ1) is 8.19. The summed E-state index contributed by atoms with van der Waals surface area (Å²) in [5.74, 6) is -0.982. The van der Waals surface area contributed by atoms with Gasteiger partial charge in [-0.05, 0) is 27.7 Å². The van der Waals surface area contributed by atoms with Crippen molar-refractivity contribution in [2.45, 2.75) is 38.9 Å². The first-order valence-corrected chi connectivity index (χ1v) is 6.70. The second-order valence-corrected chi connectivity index (χ2v) is 6.63. The molecule has 2 heterocycles. The first kappa shape index (κ1) is 13.3. The van der Waals surface area contributed by atoms with E-state index in [0.717, 1.165) is 5.13 Å². The standard InChI is InChI=1S/C12H18N2O3S/c1-11(2)6-14(7-12(3,4)17-11)10-13-8(5-18-10)9(15)16/h5H,6-7H2,1-4H3,(H,15,16). The van der Waals surface area contributed by atoms with Crippen LogP contribution in [0.1, 0.15) is 38.2 Å². The molecule has 0 atom stereocenters. The number of aromatic nitrogens is 1. The van der Waals surface area contributed by atoms with Gasteiger partial charge in [0.25, 0.3) is 0 Å². The van der Waals surface area contributed by atoms with Gasteiger partial charge in [0.2, 0.25) is 0 Å². The normalized spacial score (nSPS) is 21.9. The van der Waals surface area contributed by atoms with Crippen LogP contribution in [0.3, 0.4) is 0 Å². The van der Waals surface area contributed by atoms with Crippen molar-refractivity contribution in [1.29, 1.82) is 0 Å². The minimum absolute atomic E-state index is 0.108. The predicted octanol–water partition coefficient (Wildman–Crippen LogP) is 2.24. The monoisotopic (exact) mass is 270 g/mol. The molecular weight excluding hydrogens is 252 g/mol.